The minimum atomic E-state index is -4.48. The molecule has 0 aromatic heterocycles. The molecule has 1 atom stereocenters. The highest BCUT2D eigenvalue weighted by molar-refractivity contribution is 5.96. The van der Waals surface area contributed by atoms with Crippen LogP contribution in [-0.4, -0.2) is 23.0 Å². The van der Waals surface area contributed by atoms with E-state index in [0.717, 1.165) is 56.4 Å². The fraction of sp³-hybridized carbons (Fsp3) is 0.556. The quantitative estimate of drug-likeness (QED) is 0.598. The molecule has 0 aliphatic heterocycles. The third kappa shape index (κ3) is 7.58. The number of nitrogens with one attached hydrogen (secondary N) is 1. The molecule has 0 radical (unpaired) electrons. The summed E-state index contributed by atoms with van der Waals surface area (Å²) in [5.41, 5.74) is -0.854. The van der Waals surface area contributed by atoms with Crippen LogP contribution in [0, 0.1) is 0 Å². The number of benzene rings is 1. The lowest BCUT2D eigenvalue weighted by molar-refractivity contribution is -0.139. The molecule has 7 heteroatoms. The summed E-state index contributed by atoms with van der Waals surface area (Å²) in [6.45, 7) is 2.11. The van der Waals surface area contributed by atoms with E-state index in [-0.39, 0.29) is 5.56 Å². The number of unbranched alkanes of at least 4 members (excludes halogenated alkanes) is 5. The first-order valence-corrected chi connectivity index (χ1v) is 8.46. The molecule has 25 heavy (non-hydrogen) atoms. The van der Waals surface area contributed by atoms with Crippen molar-refractivity contribution in [2.75, 3.05) is 0 Å². The van der Waals surface area contributed by atoms with Crippen molar-refractivity contribution in [1.82, 2.24) is 5.32 Å². The van der Waals surface area contributed by atoms with E-state index in [1.165, 1.54) is 0 Å². The Morgan fingerprint density at radius 1 is 1.04 bits per heavy atom. The highest BCUT2D eigenvalue weighted by Gasteiger charge is 2.30. The molecule has 0 unspecified atom stereocenters. The summed E-state index contributed by atoms with van der Waals surface area (Å²) in [4.78, 5) is 23.3. The molecule has 0 fully saturated rings. The van der Waals surface area contributed by atoms with Crippen LogP contribution in [0.25, 0.3) is 0 Å². The number of carboxylic acids is 1. The number of rotatable bonds is 10. The summed E-state index contributed by atoms with van der Waals surface area (Å²) in [6, 6.07) is 2.65. The summed E-state index contributed by atoms with van der Waals surface area (Å²) in [5.74, 6) is -1.83. The first-order valence-electron chi connectivity index (χ1n) is 8.46. The van der Waals surface area contributed by atoms with Gasteiger partial charge in [0.2, 0.25) is 0 Å². The van der Waals surface area contributed by atoms with Crippen molar-refractivity contribution in [2.24, 2.45) is 0 Å². The minimum Gasteiger partial charge on any atom is -0.480 e. The lowest BCUT2D eigenvalue weighted by atomic mass is 10.0. The highest BCUT2D eigenvalue weighted by Crippen LogP contribution is 2.29. The monoisotopic (exact) mass is 359 g/mol. The second kappa shape index (κ2) is 10.1. The zero-order chi connectivity index (χ0) is 18.9. The van der Waals surface area contributed by atoms with Gasteiger partial charge in [-0.3, -0.25) is 4.79 Å². The fourth-order valence-corrected chi connectivity index (χ4v) is 2.44. The predicted molar refractivity (Wildman–Crippen MR) is 88.3 cm³/mol. The van der Waals surface area contributed by atoms with Gasteiger partial charge in [0.15, 0.2) is 0 Å². The average Bonchev–Trinajstić information content (AvgIpc) is 2.55. The maximum absolute atomic E-state index is 12.5. The Labute approximate surface area is 145 Å². The van der Waals surface area contributed by atoms with Crippen LogP contribution in [0.2, 0.25) is 0 Å². The van der Waals surface area contributed by atoms with Gasteiger partial charge in [-0.2, -0.15) is 13.2 Å². The minimum absolute atomic E-state index is 0.00203. The van der Waals surface area contributed by atoms with E-state index in [2.05, 4.69) is 12.2 Å². The Kier molecular flexibility index (Phi) is 8.45. The smallest absolute Gasteiger partial charge is 0.416 e. The Morgan fingerprint density at radius 2 is 1.60 bits per heavy atom. The number of hydrogen-bond acceptors (Lipinski definition) is 2. The van der Waals surface area contributed by atoms with Crippen LogP contribution < -0.4 is 5.32 Å². The first-order chi connectivity index (χ1) is 11.8. The third-order valence-corrected chi connectivity index (χ3v) is 3.92. The predicted octanol–water partition coefficient (Wildman–Crippen LogP) is 4.64. The molecule has 0 saturated heterocycles. The number of carbonyl (C=O) groups is 2. The lowest BCUT2D eigenvalue weighted by Gasteiger charge is -2.15. The molecule has 0 spiro atoms. The second-order valence-corrected chi connectivity index (χ2v) is 6.00. The third-order valence-electron chi connectivity index (χ3n) is 3.92. The molecule has 2 N–H and O–H groups in total. The van der Waals surface area contributed by atoms with Gasteiger partial charge in [0.1, 0.15) is 6.04 Å². The molecule has 1 rings (SSSR count). The molecular weight excluding hydrogens is 335 g/mol. The maximum Gasteiger partial charge on any atom is 0.416 e. The van der Waals surface area contributed by atoms with Crippen molar-refractivity contribution in [1.29, 1.82) is 0 Å². The Morgan fingerprint density at radius 3 is 2.12 bits per heavy atom. The van der Waals surface area contributed by atoms with E-state index in [0.29, 0.717) is 12.8 Å². The fourth-order valence-electron chi connectivity index (χ4n) is 2.44. The maximum atomic E-state index is 12.5. The number of aliphatic carboxylic acids is 1. The molecule has 0 saturated carbocycles. The molecule has 4 nitrogen and oxygen atoms in total. The number of carboxylic acid groups (broad SMARTS) is 1. The summed E-state index contributed by atoms with van der Waals surface area (Å²) < 4.78 is 37.5. The van der Waals surface area contributed by atoms with Crippen LogP contribution >= 0.6 is 0 Å². The van der Waals surface area contributed by atoms with Gasteiger partial charge >= 0.3 is 12.1 Å². The molecule has 1 aromatic rings. The van der Waals surface area contributed by atoms with E-state index in [1.807, 2.05) is 0 Å². The summed E-state index contributed by atoms with van der Waals surface area (Å²) in [5, 5.41) is 11.6. The van der Waals surface area contributed by atoms with Gasteiger partial charge in [0, 0.05) is 5.56 Å². The Bertz CT molecular complexity index is 556. The average molecular weight is 359 g/mol. The van der Waals surface area contributed by atoms with E-state index < -0.39 is 29.7 Å². The Hall–Kier alpha value is -2.05. The molecule has 1 amide bonds. The van der Waals surface area contributed by atoms with E-state index in [1.54, 1.807) is 0 Å². The normalized spacial score (nSPS) is 12.6. The van der Waals surface area contributed by atoms with E-state index >= 15 is 0 Å². The zero-order valence-electron chi connectivity index (χ0n) is 14.2. The molecule has 0 aliphatic rings. The van der Waals surface area contributed by atoms with Crippen LogP contribution in [0.5, 0.6) is 0 Å². The van der Waals surface area contributed by atoms with Crippen molar-refractivity contribution in [3.63, 3.8) is 0 Å². The van der Waals surface area contributed by atoms with Crippen molar-refractivity contribution in [3.05, 3.63) is 35.4 Å². The summed E-state index contributed by atoms with van der Waals surface area (Å²) >= 11 is 0. The number of alkyl halides is 3. The van der Waals surface area contributed by atoms with E-state index in [9.17, 15) is 27.9 Å². The van der Waals surface area contributed by atoms with Crippen LogP contribution in [0.3, 0.4) is 0 Å². The lowest BCUT2D eigenvalue weighted by Crippen LogP contribution is -2.40. The molecule has 0 heterocycles. The molecule has 1 aromatic carbocycles. The second-order valence-electron chi connectivity index (χ2n) is 6.00. The number of halogens is 3. The number of amides is 1. The standard InChI is InChI=1S/C18H24F3NO3/c1-2-3-4-5-6-7-8-15(17(24)25)22-16(23)13-9-11-14(12-10-13)18(19,20)21/h9-12,15H,2-8H2,1H3,(H,22,23)(H,24,25)/t15-/m1/s1. The van der Waals surface area contributed by atoms with Crippen molar-refractivity contribution < 1.29 is 27.9 Å². The van der Waals surface area contributed by atoms with Gasteiger partial charge in [-0.05, 0) is 30.7 Å². The number of carbonyl (C=O) groups excluding carboxylic acids is 1. The Balaban J connectivity index is 2.54. The van der Waals surface area contributed by atoms with Gasteiger partial charge in [0.05, 0.1) is 5.56 Å². The van der Waals surface area contributed by atoms with E-state index in [4.69, 9.17) is 0 Å². The van der Waals surface area contributed by atoms with Crippen LogP contribution in [0.1, 0.15) is 67.8 Å². The van der Waals surface area contributed by atoms with Crippen LogP contribution in [0.15, 0.2) is 24.3 Å². The topological polar surface area (TPSA) is 66.4 Å². The molecule has 0 bridgehead atoms. The summed E-state index contributed by atoms with van der Waals surface area (Å²) in [7, 11) is 0. The van der Waals surface area contributed by atoms with Crippen molar-refractivity contribution >= 4 is 11.9 Å². The van der Waals surface area contributed by atoms with Crippen molar-refractivity contribution in [3.8, 4) is 0 Å². The van der Waals surface area contributed by atoms with Crippen molar-refractivity contribution in [2.45, 2.75) is 64.1 Å². The number of hydrogen-bond donors (Lipinski definition) is 2. The molecular formula is C18H24F3NO3. The van der Waals surface area contributed by atoms with Crippen LogP contribution in [0.4, 0.5) is 13.2 Å². The molecule has 140 valence electrons. The zero-order valence-corrected chi connectivity index (χ0v) is 14.2. The van der Waals surface area contributed by atoms with Gasteiger partial charge in [-0.15, -0.1) is 0 Å². The van der Waals surface area contributed by atoms with Crippen LogP contribution in [-0.2, 0) is 11.0 Å². The van der Waals surface area contributed by atoms with Gasteiger partial charge in [-0.1, -0.05) is 45.4 Å². The first kappa shape index (κ1) is 21.0. The van der Waals surface area contributed by atoms with Gasteiger partial charge in [0.25, 0.3) is 5.91 Å². The van der Waals surface area contributed by atoms with Gasteiger partial charge in [-0.25, -0.2) is 4.79 Å². The molecule has 0 aliphatic carbocycles. The largest absolute Gasteiger partial charge is 0.480 e. The summed E-state index contributed by atoms with van der Waals surface area (Å²) in [6.07, 6.45) is 1.78. The highest BCUT2D eigenvalue weighted by atomic mass is 19.4. The SMILES string of the molecule is CCCCCCCC[C@@H](NC(=O)c1ccc(C(F)(F)F)cc1)C(=O)O. The van der Waals surface area contributed by atoms with Gasteiger partial charge < -0.3 is 10.4 Å².